The summed E-state index contributed by atoms with van der Waals surface area (Å²) in [5.74, 6) is 0.180. The maximum absolute atomic E-state index is 12.8. The first-order valence-corrected chi connectivity index (χ1v) is 9.97. The molecule has 1 saturated heterocycles. The van der Waals surface area contributed by atoms with Crippen LogP contribution < -0.4 is 10.1 Å². The predicted molar refractivity (Wildman–Crippen MR) is 114 cm³/mol. The molecule has 9 heteroatoms. The largest absolute Gasteiger partial charge is 0.444 e. The number of anilines is 1. The van der Waals surface area contributed by atoms with E-state index in [4.69, 9.17) is 9.47 Å². The number of pyridine rings is 1. The molecule has 1 N–H and O–H groups in total. The minimum Gasteiger partial charge on any atom is -0.444 e. The fraction of sp³-hybridized carbons (Fsp3) is 0.364. The quantitative estimate of drug-likeness (QED) is 0.807. The van der Waals surface area contributed by atoms with E-state index in [2.05, 4.69) is 10.3 Å². The van der Waals surface area contributed by atoms with Crippen LogP contribution in [0.25, 0.3) is 0 Å². The van der Waals surface area contributed by atoms with Crippen LogP contribution in [0.4, 0.5) is 15.3 Å². The average molecular weight is 426 g/mol. The highest BCUT2D eigenvalue weighted by atomic mass is 16.6. The number of para-hydroxylation sites is 1. The summed E-state index contributed by atoms with van der Waals surface area (Å²) in [7, 11) is 0. The van der Waals surface area contributed by atoms with Crippen molar-refractivity contribution < 1.29 is 23.9 Å². The number of rotatable bonds is 3. The number of carbonyl (C=O) groups excluding carboxylic acids is 3. The van der Waals surface area contributed by atoms with Crippen molar-refractivity contribution in [3.05, 3.63) is 54.4 Å². The Balaban J connectivity index is 1.55. The van der Waals surface area contributed by atoms with E-state index in [0.29, 0.717) is 43.2 Å². The number of amides is 3. The molecule has 1 aromatic carbocycles. The molecule has 0 radical (unpaired) electrons. The Morgan fingerprint density at radius 1 is 0.968 bits per heavy atom. The Labute approximate surface area is 180 Å². The van der Waals surface area contributed by atoms with E-state index in [1.165, 1.54) is 12.4 Å². The number of hydrogen-bond acceptors (Lipinski definition) is 6. The molecular weight excluding hydrogens is 400 g/mol. The molecular formula is C22H26N4O5. The second-order valence-corrected chi connectivity index (χ2v) is 8.05. The highest BCUT2D eigenvalue weighted by molar-refractivity contribution is 5.96. The molecule has 1 fully saturated rings. The molecule has 9 nitrogen and oxygen atoms in total. The van der Waals surface area contributed by atoms with Crippen molar-refractivity contribution in [2.75, 3.05) is 31.5 Å². The summed E-state index contributed by atoms with van der Waals surface area (Å²) in [4.78, 5) is 44.3. The molecule has 0 atom stereocenters. The van der Waals surface area contributed by atoms with Gasteiger partial charge in [0.25, 0.3) is 5.91 Å². The van der Waals surface area contributed by atoms with Gasteiger partial charge in [-0.05, 0) is 39.0 Å². The fourth-order valence-electron chi connectivity index (χ4n) is 2.97. The lowest BCUT2D eigenvalue weighted by atomic mass is 10.2. The van der Waals surface area contributed by atoms with Crippen molar-refractivity contribution in [2.45, 2.75) is 26.4 Å². The first kappa shape index (κ1) is 22.1. The Bertz CT molecular complexity index is 934. The number of nitrogens with one attached hydrogen (secondary N) is 1. The number of aromatic nitrogens is 1. The van der Waals surface area contributed by atoms with Crippen molar-refractivity contribution in [1.29, 1.82) is 0 Å². The van der Waals surface area contributed by atoms with Gasteiger partial charge in [-0.2, -0.15) is 0 Å². The van der Waals surface area contributed by atoms with Crippen LogP contribution in [0.5, 0.6) is 5.75 Å². The number of nitrogens with zero attached hydrogens (tertiary/aromatic N) is 3. The van der Waals surface area contributed by atoms with Gasteiger partial charge in [0.05, 0.1) is 17.4 Å². The van der Waals surface area contributed by atoms with Gasteiger partial charge in [-0.1, -0.05) is 18.2 Å². The Morgan fingerprint density at radius 3 is 2.26 bits per heavy atom. The third-order valence-corrected chi connectivity index (χ3v) is 4.40. The third-order valence-electron chi connectivity index (χ3n) is 4.40. The zero-order chi connectivity index (χ0) is 22.4. The zero-order valence-corrected chi connectivity index (χ0v) is 17.8. The number of hydrogen-bond donors (Lipinski definition) is 1. The zero-order valence-electron chi connectivity index (χ0n) is 17.8. The number of piperazine rings is 1. The van der Waals surface area contributed by atoms with Gasteiger partial charge in [0.15, 0.2) is 0 Å². The Kier molecular flexibility index (Phi) is 6.74. The van der Waals surface area contributed by atoms with E-state index in [1.54, 1.807) is 40.1 Å². The first-order chi connectivity index (χ1) is 14.7. The van der Waals surface area contributed by atoms with Crippen molar-refractivity contribution in [2.24, 2.45) is 0 Å². The van der Waals surface area contributed by atoms with Gasteiger partial charge in [0.1, 0.15) is 11.4 Å². The predicted octanol–water partition coefficient (Wildman–Crippen LogP) is 3.39. The summed E-state index contributed by atoms with van der Waals surface area (Å²) in [6.07, 6.45) is 1.81. The maximum Gasteiger partial charge on any atom is 0.417 e. The second kappa shape index (κ2) is 9.46. The smallest absolute Gasteiger partial charge is 0.417 e. The van der Waals surface area contributed by atoms with Crippen LogP contribution in [0.2, 0.25) is 0 Å². The monoisotopic (exact) mass is 426 g/mol. The molecule has 3 amide bonds. The SMILES string of the molecule is CC(C)(C)OC(=O)N1CCN(C(=O)c2cncc(NC(=O)Oc3ccccc3)c2)CC1. The second-order valence-electron chi connectivity index (χ2n) is 8.05. The normalized spacial score (nSPS) is 14.0. The van der Waals surface area contributed by atoms with E-state index in [0.717, 1.165) is 0 Å². The molecule has 0 unspecified atom stereocenters. The molecule has 1 aromatic heterocycles. The topological polar surface area (TPSA) is 101 Å². The summed E-state index contributed by atoms with van der Waals surface area (Å²) < 4.78 is 10.6. The minimum atomic E-state index is -0.677. The van der Waals surface area contributed by atoms with Crippen molar-refractivity contribution >= 4 is 23.8 Å². The minimum absolute atomic E-state index is 0.226. The lowest BCUT2D eigenvalue weighted by molar-refractivity contribution is 0.0141. The standard InChI is InChI=1S/C22H26N4O5/c1-22(2,3)31-21(29)26-11-9-25(10-12-26)19(27)16-13-17(15-23-14-16)24-20(28)30-18-7-5-4-6-8-18/h4-8,13-15H,9-12H2,1-3H3,(H,24,28). The molecule has 1 aliphatic heterocycles. The van der Waals surface area contributed by atoms with Crippen LogP contribution in [0.1, 0.15) is 31.1 Å². The lowest BCUT2D eigenvalue weighted by Gasteiger charge is -2.35. The average Bonchev–Trinajstić information content (AvgIpc) is 2.73. The summed E-state index contributed by atoms with van der Waals surface area (Å²) >= 11 is 0. The molecule has 31 heavy (non-hydrogen) atoms. The van der Waals surface area contributed by atoms with Gasteiger partial charge in [-0.15, -0.1) is 0 Å². The third kappa shape index (κ3) is 6.43. The molecule has 2 heterocycles. The molecule has 0 spiro atoms. The highest BCUT2D eigenvalue weighted by Gasteiger charge is 2.28. The van der Waals surface area contributed by atoms with E-state index >= 15 is 0 Å². The maximum atomic E-state index is 12.8. The Hall–Kier alpha value is -3.62. The molecule has 0 bridgehead atoms. The molecule has 0 aliphatic carbocycles. The number of carbonyl (C=O) groups is 3. The molecule has 0 saturated carbocycles. The van der Waals surface area contributed by atoms with E-state index in [1.807, 2.05) is 26.8 Å². The number of benzene rings is 1. The summed E-state index contributed by atoms with van der Waals surface area (Å²) in [6, 6.07) is 10.2. The van der Waals surface area contributed by atoms with Crippen LogP contribution in [0, 0.1) is 0 Å². The van der Waals surface area contributed by atoms with E-state index in [9.17, 15) is 14.4 Å². The van der Waals surface area contributed by atoms with Gasteiger partial charge < -0.3 is 19.3 Å². The van der Waals surface area contributed by atoms with Gasteiger partial charge in [0.2, 0.25) is 0 Å². The molecule has 1 aliphatic rings. The van der Waals surface area contributed by atoms with Crippen LogP contribution >= 0.6 is 0 Å². The summed E-state index contributed by atoms with van der Waals surface area (Å²) in [5, 5.41) is 2.57. The van der Waals surface area contributed by atoms with Crippen molar-refractivity contribution in [3.8, 4) is 5.75 Å². The van der Waals surface area contributed by atoms with E-state index < -0.39 is 11.7 Å². The van der Waals surface area contributed by atoms with Crippen LogP contribution in [-0.2, 0) is 4.74 Å². The van der Waals surface area contributed by atoms with E-state index in [-0.39, 0.29) is 12.0 Å². The van der Waals surface area contributed by atoms with Crippen molar-refractivity contribution in [1.82, 2.24) is 14.8 Å². The van der Waals surface area contributed by atoms with Crippen LogP contribution in [-0.4, -0.2) is 64.7 Å². The molecule has 3 rings (SSSR count). The van der Waals surface area contributed by atoms with Gasteiger partial charge in [-0.3, -0.25) is 15.1 Å². The fourth-order valence-corrected chi connectivity index (χ4v) is 2.97. The van der Waals surface area contributed by atoms with Gasteiger partial charge in [-0.25, -0.2) is 9.59 Å². The Morgan fingerprint density at radius 2 is 1.61 bits per heavy atom. The van der Waals surface area contributed by atoms with Crippen LogP contribution in [0.15, 0.2) is 48.8 Å². The van der Waals surface area contributed by atoms with Crippen molar-refractivity contribution in [3.63, 3.8) is 0 Å². The summed E-state index contributed by atoms with van der Waals surface area (Å²) in [6.45, 7) is 6.97. The lowest BCUT2D eigenvalue weighted by Crippen LogP contribution is -2.51. The number of ether oxygens (including phenoxy) is 2. The molecule has 2 aromatic rings. The molecule has 164 valence electrons. The first-order valence-electron chi connectivity index (χ1n) is 9.97. The van der Waals surface area contributed by atoms with Gasteiger partial charge >= 0.3 is 12.2 Å². The van der Waals surface area contributed by atoms with Crippen LogP contribution in [0.3, 0.4) is 0 Å². The highest BCUT2D eigenvalue weighted by Crippen LogP contribution is 2.16. The summed E-state index contributed by atoms with van der Waals surface area (Å²) in [5.41, 5.74) is 0.118. The van der Waals surface area contributed by atoms with Gasteiger partial charge in [0, 0.05) is 32.4 Å².